The van der Waals surface area contributed by atoms with Crippen LogP contribution in [-0.4, -0.2) is 31.8 Å². The number of urea groups is 1. The highest BCUT2D eigenvalue weighted by atomic mass is 16.2. The summed E-state index contributed by atoms with van der Waals surface area (Å²) in [6.07, 6.45) is 6.14. The van der Waals surface area contributed by atoms with Crippen molar-refractivity contribution in [3.63, 3.8) is 0 Å². The van der Waals surface area contributed by atoms with Gasteiger partial charge >= 0.3 is 6.03 Å². The Morgan fingerprint density at radius 2 is 1.97 bits per heavy atom. The second-order valence-corrected chi connectivity index (χ2v) is 8.82. The van der Waals surface area contributed by atoms with Gasteiger partial charge in [0.15, 0.2) is 0 Å². The summed E-state index contributed by atoms with van der Waals surface area (Å²) in [5, 5.41) is 10.6. The van der Waals surface area contributed by atoms with Crippen LogP contribution in [0.1, 0.15) is 76.8 Å². The Kier molecular flexibility index (Phi) is 6.10. The summed E-state index contributed by atoms with van der Waals surface area (Å²) in [6, 6.07) is 1.78. The molecule has 0 aliphatic heterocycles. The summed E-state index contributed by atoms with van der Waals surface area (Å²) in [4.78, 5) is 32.4. The van der Waals surface area contributed by atoms with Gasteiger partial charge in [0, 0.05) is 28.8 Å². The molecule has 8 heteroatoms. The van der Waals surface area contributed by atoms with E-state index in [-0.39, 0.29) is 23.0 Å². The fourth-order valence-corrected chi connectivity index (χ4v) is 3.70. The number of rotatable bonds is 4. The topological polar surface area (TPSA) is 105 Å². The Balaban J connectivity index is 1.93. The van der Waals surface area contributed by atoms with E-state index in [2.05, 4.69) is 25.7 Å². The quantitative estimate of drug-likeness (QED) is 0.729. The van der Waals surface area contributed by atoms with Crippen LogP contribution in [0.5, 0.6) is 0 Å². The maximum atomic E-state index is 12.6. The molecule has 3 rings (SSSR count). The molecule has 8 nitrogen and oxygen atoms in total. The van der Waals surface area contributed by atoms with Crippen LogP contribution in [0.2, 0.25) is 0 Å². The number of carbonyl (C=O) groups excluding carboxylic acids is 1. The molecular formula is C21H32N6O2. The molecule has 2 aromatic rings. The first-order valence-electron chi connectivity index (χ1n) is 10.5. The van der Waals surface area contributed by atoms with Gasteiger partial charge in [0.1, 0.15) is 5.82 Å². The van der Waals surface area contributed by atoms with E-state index in [9.17, 15) is 9.59 Å². The van der Waals surface area contributed by atoms with Crippen LogP contribution >= 0.6 is 0 Å². The van der Waals surface area contributed by atoms with E-state index < -0.39 is 0 Å². The van der Waals surface area contributed by atoms with E-state index in [1.54, 1.807) is 0 Å². The normalized spacial score (nSPS) is 15.3. The number of H-pyrrole nitrogens is 1. The molecular weight excluding hydrogens is 368 g/mol. The van der Waals surface area contributed by atoms with Gasteiger partial charge in [-0.15, -0.1) is 0 Å². The maximum absolute atomic E-state index is 12.6. The maximum Gasteiger partial charge on any atom is 0.320 e. The summed E-state index contributed by atoms with van der Waals surface area (Å²) >= 11 is 0. The van der Waals surface area contributed by atoms with Crippen molar-refractivity contribution >= 4 is 11.8 Å². The van der Waals surface area contributed by atoms with Crippen molar-refractivity contribution in [1.29, 1.82) is 0 Å². The van der Waals surface area contributed by atoms with Gasteiger partial charge < -0.3 is 5.32 Å². The fraction of sp³-hybridized carbons (Fsp3) is 0.619. The molecule has 29 heavy (non-hydrogen) atoms. The third-order valence-electron chi connectivity index (χ3n) is 5.42. The van der Waals surface area contributed by atoms with Crippen molar-refractivity contribution in [2.75, 3.05) is 5.32 Å². The molecule has 0 unspecified atom stereocenters. The zero-order chi connectivity index (χ0) is 21.2. The average Bonchev–Trinajstić information content (AvgIpc) is 3.06. The Labute approximate surface area is 171 Å². The lowest BCUT2D eigenvalue weighted by Crippen LogP contribution is -2.39. The lowest BCUT2D eigenvalue weighted by molar-refractivity contribution is 0.244. The Morgan fingerprint density at radius 3 is 2.55 bits per heavy atom. The fourth-order valence-electron chi connectivity index (χ4n) is 3.70. The van der Waals surface area contributed by atoms with Crippen molar-refractivity contribution < 1.29 is 4.79 Å². The summed E-state index contributed by atoms with van der Waals surface area (Å²) < 4.78 is 1.51. The Morgan fingerprint density at radius 1 is 1.28 bits per heavy atom. The van der Waals surface area contributed by atoms with Crippen LogP contribution < -0.4 is 16.2 Å². The molecule has 2 aromatic heterocycles. The highest BCUT2D eigenvalue weighted by molar-refractivity contribution is 5.88. The average molecular weight is 401 g/mol. The van der Waals surface area contributed by atoms with Crippen LogP contribution in [0, 0.1) is 6.92 Å². The number of amides is 2. The number of aromatic amines is 1. The van der Waals surface area contributed by atoms with Gasteiger partial charge in [-0.2, -0.15) is 9.78 Å². The molecule has 3 N–H and O–H groups in total. The highest BCUT2D eigenvalue weighted by Gasteiger charge is 2.23. The molecule has 158 valence electrons. The monoisotopic (exact) mass is 400 g/mol. The van der Waals surface area contributed by atoms with Gasteiger partial charge in [-0.1, -0.05) is 47.0 Å². The van der Waals surface area contributed by atoms with Gasteiger partial charge in [-0.3, -0.25) is 15.1 Å². The van der Waals surface area contributed by atoms with Crippen molar-refractivity contribution in [3.05, 3.63) is 33.4 Å². The number of aryl methyl sites for hydroxylation is 1. The predicted molar refractivity (Wildman–Crippen MR) is 114 cm³/mol. The summed E-state index contributed by atoms with van der Waals surface area (Å²) in [6.45, 7) is 9.88. The Hall–Kier alpha value is -2.64. The summed E-state index contributed by atoms with van der Waals surface area (Å²) in [5.41, 5.74) is 1.71. The number of aromatic nitrogens is 4. The van der Waals surface area contributed by atoms with Gasteiger partial charge in [-0.25, -0.2) is 9.78 Å². The number of hydrogen-bond donors (Lipinski definition) is 3. The van der Waals surface area contributed by atoms with Crippen LogP contribution in [0.4, 0.5) is 10.6 Å². The summed E-state index contributed by atoms with van der Waals surface area (Å²) in [7, 11) is 0. The lowest BCUT2D eigenvalue weighted by Gasteiger charge is -2.22. The zero-order valence-corrected chi connectivity index (χ0v) is 18.1. The lowest BCUT2D eigenvalue weighted by atomic mass is 9.92. The first kappa shape index (κ1) is 21.1. The standard InChI is InChI=1S/C21H32N6O2/c1-6-15-13(2)22-19(25-18(15)28)27-17(12-16(26-27)21(3,4)5)24-20(29)23-14-10-8-7-9-11-14/h12,14H,6-11H2,1-5H3,(H,22,25,28)(H2,23,24,29). The first-order chi connectivity index (χ1) is 13.7. The molecule has 2 amide bonds. The second-order valence-electron chi connectivity index (χ2n) is 8.82. The predicted octanol–water partition coefficient (Wildman–Crippen LogP) is 3.58. The van der Waals surface area contributed by atoms with Crippen LogP contribution in [0.15, 0.2) is 10.9 Å². The molecule has 0 saturated heterocycles. The van der Waals surface area contributed by atoms with E-state index >= 15 is 0 Å². The van der Waals surface area contributed by atoms with Gasteiger partial charge in [0.05, 0.1) is 5.69 Å². The van der Waals surface area contributed by atoms with E-state index in [0.29, 0.717) is 29.4 Å². The van der Waals surface area contributed by atoms with Gasteiger partial charge in [-0.05, 0) is 26.2 Å². The van der Waals surface area contributed by atoms with Crippen molar-refractivity contribution in [2.24, 2.45) is 0 Å². The molecule has 0 radical (unpaired) electrons. The molecule has 0 aromatic carbocycles. The largest absolute Gasteiger partial charge is 0.335 e. The van der Waals surface area contributed by atoms with Gasteiger partial charge in [0.25, 0.3) is 5.56 Å². The molecule has 2 heterocycles. The number of nitrogens with zero attached hydrogens (tertiary/aromatic N) is 3. The number of anilines is 1. The van der Waals surface area contributed by atoms with E-state index in [4.69, 9.17) is 0 Å². The van der Waals surface area contributed by atoms with E-state index in [1.165, 1.54) is 11.1 Å². The molecule has 1 aliphatic carbocycles. The SMILES string of the molecule is CCc1c(C)nc(-n2nc(C(C)(C)C)cc2NC(=O)NC2CCCCC2)[nH]c1=O. The van der Waals surface area contributed by atoms with E-state index in [1.807, 2.05) is 40.7 Å². The molecule has 0 spiro atoms. The van der Waals surface area contributed by atoms with Crippen LogP contribution in [0.25, 0.3) is 5.95 Å². The minimum absolute atomic E-state index is 0.180. The minimum atomic E-state index is -0.261. The van der Waals surface area contributed by atoms with Crippen molar-refractivity contribution in [1.82, 2.24) is 25.1 Å². The molecule has 0 bridgehead atoms. The Bertz CT molecular complexity index is 932. The smallest absolute Gasteiger partial charge is 0.320 e. The third-order valence-corrected chi connectivity index (χ3v) is 5.42. The van der Waals surface area contributed by atoms with Crippen molar-refractivity contribution in [3.8, 4) is 5.95 Å². The van der Waals surface area contributed by atoms with E-state index in [0.717, 1.165) is 31.4 Å². The molecule has 1 fully saturated rings. The number of hydrogen-bond acceptors (Lipinski definition) is 4. The molecule has 0 atom stereocenters. The molecule has 1 aliphatic rings. The third kappa shape index (κ3) is 4.86. The first-order valence-corrected chi connectivity index (χ1v) is 10.5. The second kappa shape index (κ2) is 8.39. The van der Waals surface area contributed by atoms with Crippen LogP contribution in [-0.2, 0) is 11.8 Å². The number of nitrogens with one attached hydrogen (secondary N) is 3. The van der Waals surface area contributed by atoms with Gasteiger partial charge in [0.2, 0.25) is 5.95 Å². The molecule has 1 saturated carbocycles. The summed E-state index contributed by atoms with van der Waals surface area (Å²) in [5.74, 6) is 0.781. The highest BCUT2D eigenvalue weighted by Crippen LogP contribution is 2.25. The number of carbonyl (C=O) groups is 1. The van der Waals surface area contributed by atoms with Crippen molar-refractivity contribution in [2.45, 2.75) is 84.6 Å². The van der Waals surface area contributed by atoms with Crippen LogP contribution in [0.3, 0.4) is 0 Å². The minimum Gasteiger partial charge on any atom is -0.335 e. The zero-order valence-electron chi connectivity index (χ0n) is 18.1.